The fourth-order valence-electron chi connectivity index (χ4n) is 2.86. The van der Waals surface area contributed by atoms with E-state index in [0.717, 1.165) is 34.4 Å². The zero-order chi connectivity index (χ0) is 17.1. The van der Waals surface area contributed by atoms with Gasteiger partial charge >= 0.3 is 0 Å². The van der Waals surface area contributed by atoms with Crippen LogP contribution in [0.1, 0.15) is 27.3 Å². The summed E-state index contributed by atoms with van der Waals surface area (Å²) in [6.07, 6.45) is 0.872. The van der Waals surface area contributed by atoms with E-state index in [0.29, 0.717) is 17.9 Å². The highest BCUT2D eigenvalue weighted by Crippen LogP contribution is 2.31. The SMILES string of the molecule is Cc1nn(C)c(C)c1-c1ccc(OCc2ccccc2)cc1C=O. The number of hydrogen-bond acceptors (Lipinski definition) is 3. The molecule has 0 spiro atoms. The standard InChI is InChI=1S/C20H20N2O2/c1-14-20(15(2)22(3)21-14)19-10-9-18(11-17(19)12-23)24-13-16-7-5-4-6-8-16/h4-12H,13H2,1-3H3. The van der Waals surface area contributed by atoms with Crippen LogP contribution in [0.3, 0.4) is 0 Å². The summed E-state index contributed by atoms with van der Waals surface area (Å²) in [5, 5.41) is 4.43. The third-order valence-corrected chi connectivity index (χ3v) is 4.18. The van der Waals surface area contributed by atoms with E-state index >= 15 is 0 Å². The lowest BCUT2D eigenvalue weighted by Gasteiger charge is -2.10. The highest BCUT2D eigenvalue weighted by Gasteiger charge is 2.15. The maximum absolute atomic E-state index is 11.6. The van der Waals surface area contributed by atoms with Gasteiger partial charge < -0.3 is 4.74 Å². The zero-order valence-corrected chi connectivity index (χ0v) is 14.1. The summed E-state index contributed by atoms with van der Waals surface area (Å²) < 4.78 is 7.64. The predicted molar refractivity (Wildman–Crippen MR) is 94.3 cm³/mol. The van der Waals surface area contributed by atoms with Crippen LogP contribution in [0.5, 0.6) is 5.75 Å². The Hall–Kier alpha value is -2.88. The molecule has 0 atom stereocenters. The van der Waals surface area contributed by atoms with Gasteiger partial charge in [0.15, 0.2) is 6.29 Å². The molecule has 0 N–H and O–H groups in total. The summed E-state index contributed by atoms with van der Waals surface area (Å²) in [6, 6.07) is 15.6. The number of hydrogen-bond donors (Lipinski definition) is 0. The van der Waals surface area contributed by atoms with Gasteiger partial charge in [0.05, 0.1) is 5.69 Å². The number of rotatable bonds is 5. The van der Waals surface area contributed by atoms with Crippen molar-refractivity contribution >= 4 is 6.29 Å². The minimum atomic E-state index is 0.476. The monoisotopic (exact) mass is 320 g/mol. The van der Waals surface area contributed by atoms with E-state index in [9.17, 15) is 4.79 Å². The summed E-state index contributed by atoms with van der Waals surface area (Å²) in [4.78, 5) is 11.6. The minimum Gasteiger partial charge on any atom is -0.489 e. The molecule has 4 nitrogen and oxygen atoms in total. The first-order valence-electron chi connectivity index (χ1n) is 7.86. The van der Waals surface area contributed by atoms with Crippen LogP contribution >= 0.6 is 0 Å². The van der Waals surface area contributed by atoms with Crippen LogP contribution in [-0.2, 0) is 13.7 Å². The minimum absolute atomic E-state index is 0.476. The Bertz CT molecular complexity index is 867. The molecule has 3 aromatic rings. The van der Waals surface area contributed by atoms with Crippen molar-refractivity contribution in [3.63, 3.8) is 0 Å². The fraction of sp³-hybridized carbons (Fsp3) is 0.200. The highest BCUT2D eigenvalue weighted by molar-refractivity contribution is 5.89. The Labute approximate surface area is 141 Å². The smallest absolute Gasteiger partial charge is 0.150 e. The summed E-state index contributed by atoms with van der Waals surface area (Å²) in [7, 11) is 1.91. The molecule has 1 aromatic heterocycles. The Balaban J connectivity index is 1.90. The van der Waals surface area contributed by atoms with Gasteiger partial charge in [-0.2, -0.15) is 5.10 Å². The summed E-state index contributed by atoms with van der Waals surface area (Å²) in [5.41, 5.74) is 5.55. The Morgan fingerprint density at radius 1 is 1.12 bits per heavy atom. The first-order valence-corrected chi connectivity index (χ1v) is 7.86. The van der Waals surface area contributed by atoms with Crippen LogP contribution in [0, 0.1) is 13.8 Å². The molecule has 0 radical (unpaired) electrons. The fourth-order valence-corrected chi connectivity index (χ4v) is 2.86. The van der Waals surface area contributed by atoms with Gasteiger partial charge in [-0.1, -0.05) is 30.3 Å². The van der Waals surface area contributed by atoms with Crippen LogP contribution in [0.25, 0.3) is 11.1 Å². The molecule has 3 rings (SSSR count). The van der Waals surface area contributed by atoms with Gasteiger partial charge in [0.2, 0.25) is 0 Å². The average molecular weight is 320 g/mol. The number of ether oxygens (including phenoxy) is 1. The number of aromatic nitrogens is 2. The predicted octanol–water partition coefficient (Wildman–Crippen LogP) is 4.10. The van der Waals surface area contributed by atoms with E-state index in [2.05, 4.69) is 5.10 Å². The second kappa shape index (κ2) is 6.71. The molecule has 0 fully saturated rings. The molecular formula is C20H20N2O2. The molecule has 24 heavy (non-hydrogen) atoms. The third-order valence-electron chi connectivity index (χ3n) is 4.18. The zero-order valence-electron chi connectivity index (χ0n) is 14.1. The number of nitrogens with zero attached hydrogens (tertiary/aromatic N) is 2. The van der Waals surface area contributed by atoms with E-state index in [1.54, 1.807) is 6.07 Å². The first-order chi connectivity index (χ1) is 11.6. The molecule has 0 aliphatic rings. The lowest BCUT2D eigenvalue weighted by atomic mass is 9.98. The Morgan fingerprint density at radius 3 is 2.50 bits per heavy atom. The molecule has 0 aliphatic heterocycles. The van der Waals surface area contributed by atoms with E-state index in [-0.39, 0.29) is 0 Å². The molecule has 122 valence electrons. The second-order valence-corrected chi connectivity index (χ2v) is 5.81. The molecule has 0 aliphatic carbocycles. The molecule has 0 unspecified atom stereocenters. The molecule has 0 amide bonds. The number of carbonyl (C=O) groups is 1. The average Bonchev–Trinajstić information content (AvgIpc) is 2.86. The lowest BCUT2D eigenvalue weighted by molar-refractivity contribution is 0.112. The normalized spacial score (nSPS) is 10.6. The van der Waals surface area contributed by atoms with Crippen molar-refractivity contribution in [2.24, 2.45) is 7.05 Å². The molecule has 0 saturated carbocycles. The van der Waals surface area contributed by atoms with Crippen LogP contribution in [0.4, 0.5) is 0 Å². The summed E-state index contributed by atoms with van der Waals surface area (Å²) in [6.45, 7) is 4.43. The second-order valence-electron chi connectivity index (χ2n) is 5.81. The van der Waals surface area contributed by atoms with Crippen LogP contribution < -0.4 is 4.74 Å². The van der Waals surface area contributed by atoms with Gasteiger partial charge in [0, 0.05) is 23.9 Å². The van der Waals surface area contributed by atoms with E-state index in [1.165, 1.54) is 0 Å². The summed E-state index contributed by atoms with van der Waals surface area (Å²) >= 11 is 0. The Kier molecular flexibility index (Phi) is 4.47. The molecule has 2 aromatic carbocycles. The van der Waals surface area contributed by atoms with Gasteiger partial charge in [-0.3, -0.25) is 9.48 Å². The maximum atomic E-state index is 11.6. The largest absolute Gasteiger partial charge is 0.489 e. The Morgan fingerprint density at radius 2 is 1.88 bits per heavy atom. The molecule has 1 heterocycles. The van der Waals surface area contributed by atoms with Crippen LogP contribution in [-0.4, -0.2) is 16.1 Å². The maximum Gasteiger partial charge on any atom is 0.150 e. The molecule has 0 bridgehead atoms. The molecular weight excluding hydrogens is 300 g/mol. The van der Waals surface area contributed by atoms with Crippen molar-refractivity contribution < 1.29 is 9.53 Å². The van der Waals surface area contributed by atoms with Crippen molar-refractivity contribution in [2.75, 3.05) is 0 Å². The number of aldehydes is 1. The first kappa shape index (κ1) is 16.0. The van der Waals surface area contributed by atoms with Crippen molar-refractivity contribution in [2.45, 2.75) is 20.5 Å². The van der Waals surface area contributed by atoms with Gasteiger partial charge in [-0.05, 0) is 43.2 Å². The van der Waals surface area contributed by atoms with Crippen molar-refractivity contribution in [1.29, 1.82) is 0 Å². The lowest BCUT2D eigenvalue weighted by Crippen LogP contribution is -1.97. The number of benzene rings is 2. The van der Waals surface area contributed by atoms with Crippen molar-refractivity contribution in [3.8, 4) is 16.9 Å². The van der Waals surface area contributed by atoms with Crippen LogP contribution in [0.2, 0.25) is 0 Å². The summed E-state index contributed by atoms with van der Waals surface area (Å²) in [5.74, 6) is 0.684. The van der Waals surface area contributed by atoms with E-state index in [1.807, 2.05) is 68.0 Å². The van der Waals surface area contributed by atoms with Gasteiger partial charge in [-0.15, -0.1) is 0 Å². The van der Waals surface area contributed by atoms with E-state index < -0.39 is 0 Å². The van der Waals surface area contributed by atoms with Crippen molar-refractivity contribution in [3.05, 3.63) is 71.0 Å². The van der Waals surface area contributed by atoms with Gasteiger partial charge in [-0.25, -0.2) is 0 Å². The van der Waals surface area contributed by atoms with Gasteiger partial charge in [0.25, 0.3) is 0 Å². The third kappa shape index (κ3) is 3.08. The number of carbonyl (C=O) groups excluding carboxylic acids is 1. The van der Waals surface area contributed by atoms with Crippen molar-refractivity contribution in [1.82, 2.24) is 9.78 Å². The van der Waals surface area contributed by atoms with Crippen LogP contribution in [0.15, 0.2) is 48.5 Å². The van der Waals surface area contributed by atoms with E-state index in [4.69, 9.17) is 4.74 Å². The molecule has 4 heteroatoms. The van der Waals surface area contributed by atoms with Gasteiger partial charge in [0.1, 0.15) is 12.4 Å². The number of aryl methyl sites for hydroxylation is 2. The topological polar surface area (TPSA) is 44.1 Å². The molecule has 0 saturated heterocycles. The highest BCUT2D eigenvalue weighted by atomic mass is 16.5. The quantitative estimate of drug-likeness (QED) is 0.665.